The SMILES string of the molecule is C=C(CC)CC(N)c1nc2ccccc2cc1Br. The first-order valence-corrected chi connectivity index (χ1v) is 6.88. The van der Waals surface area contributed by atoms with E-state index in [2.05, 4.69) is 40.5 Å². The molecule has 1 unspecified atom stereocenters. The van der Waals surface area contributed by atoms with Gasteiger partial charge in [0.15, 0.2) is 0 Å². The number of hydrogen-bond donors (Lipinski definition) is 1. The van der Waals surface area contributed by atoms with E-state index < -0.39 is 0 Å². The third kappa shape index (κ3) is 2.79. The molecule has 0 fully saturated rings. The fraction of sp³-hybridized carbons (Fsp3) is 0.267. The summed E-state index contributed by atoms with van der Waals surface area (Å²) < 4.78 is 0.970. The molecule has 1 aromatic heterocycles. The summed E-state index contributed by atoms with van der Waals surface area (Å²) in [5.74, 6) is 0. The lowest BCUT2D eigenvalue weighted by molar-refractivity contribution is 0.679. The number of nitrogens with two attached hydrogens (primary N) is 1. The molecule has 18 heavy (non-hydrogen) atoms. The second-order valence-electron chi connectivity index (χ2n) is 4.46. The Morgan fingerprint density at radius 2 is 2.17 bits per heavy atom. The normalized spacial score (nSPS) is 12.6. The van der Waals surface area contributed by atoms with Crippen LogP contribution >= 0.6 is 15.9 Å². The number of rotatable bonds is 4. The predicted molar refractivity (Wildman–Crippen MR) is 80.4 cm³/mol. The highest BCUT2D eigenvalue weighted by atomic mass is 79.9. The molecule has 1 heterocycles. The summed E-state index contributed by atoms with van der Waals surface area (Å²) in [5.41, 5.74) is 9.25. The summed E-state index contributed by atoms with van der Waals surface area (Å²) in [6, 6.07) is 10.0. The summed E-state index contributed by atoms with van der Waals surface area (Å²) >= 11 is 3.56. The second-order valence-corrected chi connectivity index (χ2v) is 5.32. The van der Waals surface area contributed by atoms with Gasteiger partial charge in [0.2, 0.25) is 0 Å². The van der Waals surface area contributed by atoms with Gasteiger partial charge in [-0.15, -0.1) is 0 Å². The molecular weight excluding hydrogens is 288 g/mol. The first-order chi connectivity index (χ1) is 8.61. The second kappa shape index (κ2) is 5.63. The van der Waals surface area contributed by atoms with Crippen molar-refractivity contribution in [3.05, 3.63) is 52.7 Å². The average molecular weight is 305 g/mol. The molecule has 0 aliphatic rings. The van der Waals surface area contributed by atoms with E-state index in [-0.39, 0.29) is 6.04 Å². The molecule has 2 rings (SSSR count). The minimum absolute atomic E-state index is 0.101. The maximum absolute atomic E-state index is 6.21. The van der Waals surface area contributed by atoms with Crippen LogP contribution in [0.1, 0.15) is 31.5 Å². The molecule has 0 radical (unpaired) electrons. The molecule has 0 aliphatic carbocycles. The van der Waals surface area contributed by atoms with Gasteiger partial charge in [-0.05, 0) is 40.9 Å². The molecule has 0 amide bonds. The molecule has 0 aliphatic heterocycles. The van der Waals surface area contributed by atoms with E-state index in [0.29, 0.717) is 0 Å². The zero-order valence-corrected chi connectivity index (χ0v) is 12.1. The number of pyridine rings is 1. The van der Waals surface area contributed by atoms with E-state index in [1.165, 1.54) is 0 Å². The van der Waals surface area contributed by atoms with E-state index in [4.69, 9.17) is 5.73 Å². The molecule has 0 spiro atoms. The van der Waals surface area contributed by atoms with Gasteiger partial charge in [0, 0.05) is 9.86 Å². The zero-order valence-electron chi connectivity index (χ0n) is 10.5. The number of fused-ring (bicyclic) bond motifs is 1. The van der Waals surface area contributed by atoms with Crippen LogP contribution in [-0.2, 0) is 0 Å². The van der Waals surface area contributed by atoms with Crippen molar-refractivity contribution in [2.75, 3.05) is 0 Å². The highest BCUT2D eigenvalue weighted by Crippen LogP contribution is 2.28. The maximum Gasteiger partial charge on any atom is 0.0723 e. The van der Waals surface area contributed by atoms with Crippen molar-refractivity contribution >= 4 is 26.8 Å². The van der Waals surface area contributed by atoms with Crippen molar-refractivity contribution < 1.29 is 0 Å². The van der Waals surface area contributed by atoms with Crippen LogP contribution < -0.4 is 5.73 Å². The van der Waals surface area contributed by atoms with Gasteiger partial charge in [-0.3, -0.25) is 0 Å². The fourth-order valence-electron chi connectivity index (χ4n) is 1.92. The molecule has 94 valence electrons. The number of hydrogen-bond acceptors (Lipinski definition) is 2. The standard InChI is InChI=1S/C15H17BrN2/c1-3-10(2)8-13(17)15-12(16)9-11-6-4-5-7-14(11)18-15/h4-7,9,13H,2-3,8,17H2,1H3. The van der Waals surface area contributed by atoms with Gasteiger partial charge in [0.05, 0.1) is 17.3 Å². The molecule has 1 aromatic carbocycles. The molecule has 2 nitrogen and oxygen atoms in total. The summed E-state index contributed by atoms with van der Waals surface area (Å²) in [5, 5.41) is 1.12. The highest BCUT2D eigenvalue weighted by molar-refractivity contribution is 9.10. The van der Waals surface area contributed by atoms with Gasteiger partial charge in [0.1, 0.15) is 0 Å². The summed E-state index contributed by atoms with van der Waals surface area (Å²) in [4.78, 5) is 4.65. The summed E-state index contributed by atoms with van der Waals surface area (Å²) in [6.45, 7) is 6.10. The minimum atomic E-state index is -0.101. The van der Waals surface area contributed by atoms with Crippen molar-refractivity contribution in [2.45, 2.75) is 25.8 Å². The maximum atomic E-state index is 6.21. The van der Waals surface area contributed by atoms with E-state index in [9.17, 15) is 0 Å². The molecule has 0 saturated carbocycles. The number of halogens is 1. The van der Waals surface area contributed by atoms with Crippen molar-refractivity contribution in [3.63, 3.8) is 0 Å². The van der Waals surface area contributed by atoms with Crippen molar-refractivity contribution in [2.24, 2.45) is 5.73 Å². The summed E-state index contributed by atoms with van der Waals surface area (Å²) in [7, 11) is 0. The van der Waals surface area contributed by atoms with Crippen molar-refractivity contribution in [1.82, 2.24) is 4.98 Å². The highest BCUT2D eigenvalue weighted by Gasteiger charge is 2.13. The topological polar surface area (TPSA) is 38.9 Å². The Balaban J connectivity index is 2.38. The lowest BCUT2D eigenvalue weighted by Crippen LogP contribution is -2.13. The third-order valence-electron chi connectivity index (χ3n) is 3.06. The first-order valence-electron chi connectivity index (χ1n) is 6.09. The molecule has 0 bridgehead atoms. The molecule has 0 saturated heterocycles. The van der Waals surface area contributed by atoms with Crippen LogP contribution in [0, 0.1) is 0 Å². The lowest BCUT2D eigenvalue weighted by atomic mass is 10.0. The van der Waals surface area contributed by atoms with Crippen LogP contribution in [0.15, 0.2) is 47.0 Å². The number of para-hydroxylation sites is 1. The Morgan fingerprint density at radius 3 is 2.89 bits per heavy atom. The quantitative estimate of drug-likeness (QED) is 0.853. The van der Waals surface area contributed by atoms with Gasteiger partial charge in [-0.25, -0.2) is 4.98 Å². The molecular formula is C15H17BrN2. The molecule has 2 aromatic rings. The fourth-order valence-corrected chi connectivity index (χ4v) is 2.55. The largest absolute Gasteiger partial charge is 0.322 e. The molecule has 3 heteroatoms. The molecule has 2 N–H and O–H groups in total. The van der Waals surface area contributed by atoms with Crippen LogP contribution in [0.5, 0.6) is 0 Å². The van der Waals surface area contributed by atoms with Gasteiger partial charge in [0.25, 0.3) is 0 Å². The Hall–Kier alpha value is -1.19. The van der Waals surface area contributed by atoms with Crippen LogP contribution in [-0.4, -0.2) is 4.98 Å². The number of benzene rings is 1. The van der Waals surface area contributed by atoms with Crippen molar-refractivity contribution in [1.29, 1.82) is 0 Å². The third-order valence-corrected chi connectivity index (χ3v) is 3.70. The Kier molecular flexibility index (Phi) is 4.15. The number of aromatic nitrogens is 1. The Bertz CT molecular complexity index is 578. The average Bonchev–Trinajstić information content (AvgIpc) is 2.37. The number of nitrogens with zero attached hydrogens (tertiary/aromatic N) is 1. The van der Waals surface area contributed by atoms with Gasteiger partial charge in [-0.2, -0.15) is 0 Å². The van der Waals surface area contributed by atoms with Gasteiger partial charge < -0.3 is 5.73 Å². The smallest absolute Gasteiger partial charge is 0.0723 e. The minimum Gasteiger partial charge on any atom is -0.322 e. The van der Waals surface area contributed by atoms with E-state index in [1.807, 2.05) is 24.3 Å². The van der Waals surface area contributed by atoms with E-state index >= 15 is 0 Å². The zero-order chi connectivity index (χ0) is 13.1. The van der Waals surface area contributed by atoms with Gasteiger partial charge in [-0.1, -0.05) is 37.3 Å². The monoisotopic (exact) mass is 304 g/mol. The first kappa shape index (κ1) is 13.2. The Labute approximate surface area is 116 Å². The van der Waals surface area contributed by atoms with Crippen LogP contribution in [0.3, 0.4) is 0 Å². The van der Waals surface area contributed by atoms with Gasteiger partial charge >= 0.3 is 0 Å². The Morgan fingerprint density at radius 1 is 1.44 bits per heavy atom. The lowest BCUT2D eigenvalue weighted by Gasteiger charge is -2.14. The van der Waals surface area contributed by atoms with Crippen LogP contribution in [0.25, 0.3) is 10.9 Å². The van der Waals surface area contributed by atoms with Crippen molar-refractivity contribution in [3.8, 4) is 0 Å². The summed E-state index contributed by atoms with van der Waals surface area (Å²) in [6.07, 6.45) is 1.74. The van der Waals surface area contributed by atoms with Crippen LogP contribution in [0.2, 0.25) is 0 Å². The molecule has 1 atom stereocenters. The van der Waals surface area contributed by atoms with E-state index in [1.54, 1.807) is 0 Å². The van der Waals surface area contributed by atoms with Crippen LogP contribution in [0.4, 0.5) is 0 Å². The predicted octanol–water partition coefficient (Wildman–Crippen LogP) is 4.35. The van der Waals surface area contributed by atoms with E-state index in [0.717, 1.165) is 39.5 Å².